The van der Waals surface area contributed by atoms with Crippen molar-refractivity contribution in [2.24, 2.45) is 0 Å². The summed E-state index contributed by atoms with van der Waals surface area (Å²) in [7, 11) is 1.15. The lowest BCUT2D eigenvalue weighted by atomic mass is 9.98. The van der Waals surface area contributed by atoms with Crippen molar-refractivity contribution in [2.75, 3.05) is 7.05 Å². The summed E-state index contributed by atoms with van der Waals surface area (Å²) in [4.78, 5) is 14.3. The fourth-order valence-electron chi connectivity index (χ4n) is 2.84. The predicted molar refractivity (Wildman–Crippen MR) is 106 cm³/mol. The molecule has 28 heavy (non-hydrogen) atoms. The Morgan fingerprint density at radius 3 is 2.43 bits per heavy atom. The number of alkyl halides is 2. The van der Waals surface area contributed by atoms with Crippen molar-refractivity contribution < 1.29 is 18.0 Å². The van der Waals surface area contributed by atoms with Crippen molar-refractivity contribution in [1.29, 1.82) is 5.41 Å². The number of benzene rings is 1. The standard InChI is InChI=1S/C19H20Cl2F3N3O/c1-9(13-7-4-11(20)8-14(13)21)10(2)27(12-5-6-12)19(28)15(18(24)26-3)16(25)17(22)23/h4,7-8,10,12,17,25-26H,1,5-6H2,2-3H3/b18-15+,25-16?. The molecule has 0 aromatic heterocycles. The van der Waals surface area contributed by atoms with E-state index in [4.69, 9.17) is 28.6 Å². The Morgan fingerprint density at radius 2 is 1.96 bits per heavy atom. The zero-order chi connectivity index (χ0) is 21.2. The van der Waals surface area contributed by atoms with Crippen LogP contribution in [0.3, 0.4) is 0 Å². The summed E-state index contributed by atoms with van der Waals surface area (Å²) in [6, 6.07) is 3.87. The van der Waals surface area contributed by atoms with Gasteiger partial charge in [-0.25, -0.2) is 8.78 Å². The van der Waals surface area contributed by atoms with E-state index < -0.39 is 35.6 Å². The van der Waals surface area contributed by atoms with Gasteiger partial charge in [-0.05, 0) is 43.0 Å². The zero-order valence-corrected chi connectivity index (χ0v) is 16.8. The molecular formula is C19H20Cl2F3N3O. The van der Waals surface area contributed by atoms with Crippen LogP contribution in [-0.2, 0) is 4.79 Å². The fourth-order valence-corrected chi connectivity index (χ4v) is 3.37. The highest BCUT2D eigenvalue weighted by Crippen LogP contribution is 2.36. The molecule has 1 atom stereocenters. The van der Waals surface area contributed by atoms with Crippen molar-refractivity contribution in [3.63, 3.8) is 0 Å². The van der Waals surface area contributed by atoms with Crippen LogP contribution in [0, 0.1) is 5.41 Å². The molecule has 0 radical (unpaired) electrons. The fraction of sp³-hybridized carbons (Fsp3) is 0.368. The molecule has 2 N–H and O–H groups in total. The average Bonchev–Trinajstić information content (AvgIpc) is 3.46. The summed E-state index contributed by atoms with van der Waals surface area (Å²) in [5.41, 5.74) is -1.36. The lowest BCUT2D eigenvalue weighted by Gasteiger charge is -2.32. The normalized spacial score (nSPS) is 15.7. The minimum Gasteiger partial charge on any atom is -0.364 e. The van der Waals surface area contributed by atoms with Crippen molar-refractivity contribution in [3.8, 4) is 0 Å². The predicted octanol–water partition coefficient (Wildman–Crippen LogP) is 5.07. The van der Waals surface area contributed by atoms with Gasteiger partial charge in [0.15, 0.2) is 0 Å². The number of carbonyl (C=O) groups is 1. The van der Waals surface area contributed by atoms with Crippen LogP contribution in [0.15, 0.2) is 36.3 Å². The van der Waals surface area contributed by atoms with Gasteiger partial charge in [0.25, 0.3) is 12.3 Å². The second-order valence-electron chi connectivity index (χ2n) is 6.42. The maximum Gasteiger partial charge on any atom is 0.280 e. The van der Waals surface area contributed by atoms with Crippen LogP contribution >= 0.6 is 23.2 Å². The Hall–Kier alpha value is -1.99. The molecule has 1 aromatic rings. The first-order valence-corrected chi connectivity index (χ1v) is 9.27. The summed E-state index contributed by atoms with van der Waals surface area (Å²) >= 11 is 12.1. The Balaban J connectivity index is 2.42. The Morgan fingerprint density at radius 1 is 1.36 bits per heavy atom. The third kappa shape index (κ3) is 4.70. The summed E-state index contributed by atoms with van der Waals surface area (Å²) < 4.78 is 40.3. The average molecular weight is 434 g/mol. The molecule has 1 amide bonds. The summed E-state index contributed by atoms with van der Waals surface area (Å²) in [6.45, 7) is 5.64. The van der Waals surface area contributed by atoms with Crippen LogP contribution in [0.5, 0.6) is 0 Å². The lowest BCUT2D eigenvalue weighted by Crippen LogP contribution is -2.44. The minimum absolute atomic E-state index is 0.254. The molecule has 1 aliphatic rings. The molecule has 0 bridgehead atoms. The molecule has 1 saturated carbocycles. The van der Waals surface area contributed by atoms with Gasteiger partial charge in [-0.1, -0.05) is 35.8 Å². The van der Waals surface area contributed by atoms with Gasteiger partial charge in [-0.2, -0.15) is 4.39 Å². The van der Waals surface area contributed by atoms with Crippen LogP contribution in [-0.4, -0.2) is 42.1 Å². The molecule has 9 heteroatoms. The van der Waals surface area contributed by atoms with E-state index in [2.05, 4.69) is 6.58 Å². The maximum atomic E-state index is 14.2. The van der Waals surface area contributed by atoms with Gasteiger partial charge in [0, 0.05) is 23.1 Å². The number of halogens is 5. The Labute approximate surface area is 171 Å². The number of nitrogens with zero attached hydrogens (tertiary/aromatic N) is 1. The minimum atomic E-state index is -3.29. The van der Waals surface area contributed by atoms with E-state index in [0.29, 0.717) is 34.0 Å². The van der Waals surface area contributed by atoms with Gasteiger partial charge in [-0.15, -0.1) is 0 Å². The number of carbonyl (C=O) groups excluding carboxylic acids is 1. The summed E-state index contributed by atoms with van der Waals surface area (Å²) in [5, 5.41) is 10.3. The van der Waals surface area contributed by atoms with Crippen LogP contribution < -0.4 is 5.32 Å². The van der Waals surface area contributed by atoms with Gasteiger partial charge in [0.1, 0.15) is 11.3 Å². The largest absolute Gasteiger partial charge is 0.364 e. The van der Waals surface area contributed by atoms with Crippen LogP contribution in [0.25, 0.3) is 5.57 Å². The van der Waals surface area contributed by atoms with E-state index in [1.807, 2.05) is 5.32 Å². The topological polar surface area (TPSA) is 56.2 Å². The van der Waals surface area contributed by atoms with Crippen molar-refractivity contribution in [1.82, 2.24) is 10.2 Å². The molecular weight excluding hydrogens is 414 g/mol. The first-order valence-electron chi connectivity index (χ1n) is 8.51. The highest BCUT2D eigenvalue weighted by molar-refractivity contribution is 6.35. The highest BCUT2D eigenvalue weighted by atomic mass is 35.5. The smallest absolute Gasteiger partial charge is 0.280 e. The highest BCUT2D eigenvalue weighted by Gasteiger charge is 2.41. The molecule has 1 aromatic carbocycles. The third-order valence-corrected chi connectivity index (χ3v) is 5.06. The number of hydrogen-bond acceptors (Lipinski definition) is 3. The molecule has 1 aliphatic carbocycles. The first kappa shape index (κ1) is 22.3. The van der Waals surface area contributed by atoms with Crippen LogP contribution in [0.2, 0.25) is 10.0 Å². The SMILES string of the molecule is C=C(c1ccc(Cl)cc1Cl)C(C)N(C(=O)/C(C(=N)C(F)F)=C(\F)NC)C1CC1. The summed E-state index contributed by atoms with van der Waals surface area (Å²) in [6.07, 6.45) is -1.99. The van der Waals surface area contributed by atoms with Crippen molar-refractivity contribution >= 4 is 40.4 Å². The van der Waals surface area contributed by atoms with Crippen LogP contribution in [0.1, 0.15) is 25.3 Å². The Kier molecular flexibility index (Phi) is 7.17. The van der Waals surface area contributed by atoms with Gasteiger partial charge >= 0.3 is 0 Å². The van der Waals surface area contributed by atoms with E-state index in [-0.39, 0.29) is 6.04 Å². The Bertz CT molecular complexity index is 838. The zero-order valence-electron chi connectivity index (χ0n) is 15.3. The van der Waals surface area contributed by atoms with Gasteiger partial charge in [0.2, 0.25) is 5.95 Å². The van der Waals surface area contributed by atoms with E-state index in [1.165, 1.54) is 11.0 Å². The van der Waals surface area contributed by atoms with Gasteiger partial charge in [-0.3, -0.25) is 10.2 Å². The van der Waals surface area contributed by atoms with Gasteiger partial charge < -0.3 is 10.2 Å². The molecule has 2 rings (SSSR count). The summed E-state index contributed by atoms with van der Waals surface area (Å²) in [5.74, 6) is -2.26. The van der Waals surface area contributed by atoms with E-state index >= 15 is 0 Å². The molecule has 0 aliphatic heterocycles. The first-order chi connectivity index (χ1) is 13.1. The van der Waals surface area contributed by atoms with Gasteiger partial charge in [0.05, 0.1) is 6.04 Å². The molecule has 4 nitrogen and oxygen atoms in total. The van der Waals surface area contributed by atoms with Crippen molar-refractivity contribution in [3.05, 3.63) is 51.9 Å². The molecule has 1 unspecified atom stereocenters. The van der Waals surface area contributed by atoms with Crippen molar-refractivity contribution in [2.45, 2.75) is 38.3 Å². The van der Waals surface area contributed by atoms with Crippen LogP contribution in [0.4, 0.5) is 13.2 Å². The van der Waals surface area contributed by atoms with E-state index in [1.54, 1.807) is 19.1 Å². The van der Waals surface area contributed by atoms with E-state index in [9.17, 15) is 18.0 Å². The number of amides is 1. The lowest BCUT2D eigenvalue weighted by molar-refractivity contribution is -0.128. The molecule has 0 heterocycles. The maximum absolute atomic E-state index is 14.2. The number of nitrogens with one attached hydrogen (secondary N) is 2. The molecule has 0 saturated heterocycles. The molecule has 1 fully saturated rings. The van der Waals surface area contributed by atoms with E-state index in [0.717, 1.165) is 7.05 Å². The number of hydrogen-bond donors (Lipinski definition) is 2. The quantitative estimate of drug-likeness (QED) is 0.341. The second-order valence-corrected chi connectivity index (χ2v) is 7.27. The monoisotopic (exact) mass is 433 g/mol. The molecule has 0 spiro atoms. The number of rotatable bonds is 8. The molecule has 152 valence electrons. The third-order valence-electron chi connectivity index (χ3n) is 4.51. The second kappa shape index (κ2) is 9.01.